The fourth-order valence-electron chi connectivity index (χ4n) is 3.45. The molecule has 0 amide bonds. The highest BCUT2D eigenvalue weighted by atomic mass is 32.2. The van der Waals surface area contributed by atoms with E-state index in [2.05, 4.69) is 25.5 Å². The fourth-order valence-corrected chi connectivity index (χ4v) is 5.08. The molecule has 0 saturated heterocycles. The third-order valence-corrected chi connectivity index (χ3v) is 5.49. The van der Waals surface area contributed by atoms with Crippen molar-refractivity contribution >= 4 is 20.8 Å². The van der Waals surface area contributed by atoms with Gasteiger partial charge in [-0.25, -0.2) is 13.1 Å². The van der Waals surface area contributed by atoms with E-state index in [9.17, 15) is 8.42 Å². The van der Waals surface area contributed by atoms with Crippen molar-refractivity contribution in [2.24, 2.45) is 5.41 Å². The number of ether oxygens (including phenoxy) is 1. The Kier molecular flexibility index (Phi) is 4.98. The van der Waals surface area contributed by atoms with Crippen LogP contribution in [0.3, 0.4) is 0 Å². The van der Waals surface area contributed by atoms with Crippen LogP contribution in [0.4, 0.5) is 0 Å². The lowest BCUT2D eigenvalue weighted by Gasteiger charge is -2.33. The van der Waals surface area contributed by atoms with Crippen LogP contribution in [0.5, 0.6) is 5.75 Å². The Morgan fingerprint density at radius 3 is 2.12 bits per heavy atom. The van der Waals surface area contributed by atoms with Gasteiger partial charge in [-0.2, -0.15) is 0 Å². The summed E-state index contributed by atoms with van der Waals surface area (Å²) in [5.41, 5.74) is -0.522. The van der Waals surface area contributed by atoms with Gasteiger partial charge in [0.05, 0.1) is 12.0 Å². The highest BCUT2D eigenvalue weighted by molar-refractivity contribution is 7.89. The van der Waals surface area contributed by atoms with Crippen LogP contribution < -0.4 is 9.46 Å². The predicted octanol–water partition coefficient (Wildman–Crippen LogP) is 4.34. The SMILES string of the molecule is COc1cccc2c(S(=O)(=O)NC(C)(C)CC(C)(C)C)cccc12. The number of hydrogen-bond acceptors (Lipinski definition) is 3. The minimum atomic E-state index is -3.65. The van der Waals surface area contributed by atoms with E-state index < -0.39 is 15.6 Å². The summed E-state index contributed by atoms with van der Waals surface area (Å²) in [6.45, 7) is 10.1. The Morgan fingerprint density at radius 1 is 0.958 bits per heavy atom. The van der Waals surface area contributed by atoms with E-state index in [0.717, 1.165) is 11.8 Å². The van der Waals surface area contributed by atoms with E-state index >= 15 is 0 Å². The summed E-state index contributed by atoms with van der Waals surface area (Å²) in [6, 6.07) is 10.7. The monoisotopic (exact) mass is 349 g/mol. The molecule has 0 aromatic heterocycles. The molecule has 2 aromatic rings. The number of hydrogen-bond donors (Lipinski definition) is 1. The largest absolute Gasteiger partial charge is 0.496 e. The lowest BCUT2D eigenvalue weighted by molar-refractivity contribution is 0.269. The first-order valence-corrected chi connectivity index (χ1v) is 9.53. The molecule has 0 aliphatic rings. The van der Waals surface area contributed by atoms with E-state index in [1.54, 1.807) is 25.3 Å². The van der Waals surface area contributed by atoms with Crippen molar-refractivity contribution in [2.45, 2.75) is 51.5 Å². The van der Waals surface area contributed by atoms with Crippen molar-refractivity contribution in [1.82, 2.24) is 4.72 Å². The molecule has 24 heavy (non-hydrogen) atoms. The van der Waals surface area contributed by atoms with Gasteiger partial charge in [-0.05, 0) is 37.8 Å². The molecule has 2 rings (SSSR count). The van der Waals surface area contributed by atoms with Gasteiger partial charge in [0.15, 0.2) is 0 Å². The molecule has 0 aliphatic heterocycles. The van der Waals surface area contributed by atoms with Crippen LogP contribution in [0.2, 0.25) is 0 Å². The molecule has 5 heteroatoms. The molecule has 0 radical (unpaired) electrons. The number of methoxy groups -OCH3 is 1. The molecule has 0 fully saturated rings. The zero-order valence-corrected chi connectivity index (χ0v) is 16.1. The van der Waals surface area contributed by atoms with Gasteiger partial charge < -0.3 is 4.74 Å². The average molecular weight is 349 g/mol. The first-order chi connectivity index (χ1) is 11.0. The van der Waals surface area contributed by atoms with Crippen LogP contribution in [0.1, 0.15) is 41.0 Å². The van der Waals surface area contributed by atoms with Crippen LogP contribution in [0, 0.1) is 5.41 Å². The van der Waals surface area contributed by atoms with Crippen molar-refractivity contribution in [2.75, 3.05) is 7.11 Å². The summed E-state index contributed by atoms with van der Waals surface area (Å²) in [4.78, 5) is 0.279. The first kappa shape index (κ1) is 18.7. The smallest absolute Gasteiger partial charge is 0.241 e. The molecule has 0 unspecified atom stereocenters. The Hall–Kier alpha value is -1.59. The molecule has 0 spiro atoms. The van der Waals surface area contributed by atoms with E-state index in [1.807, 2.05) is 32.0 Å². The molecule has 132 valence electrons. The van der Waals surface area contributed by atoms with Crippen LogP contribution in [0.25, 0.3) is 10.8 Å². The van der Waals surface area contributed by atoms with E-state index in [-0.39, 0.29) is 10.3 Å². The summed E-state index contributed by atoms with van der Waals surface area (Å²) in [7, 11) is -2.06. The normalized spacial score (nSPS) is 13.2. The maximum atomic E-state index is 13.0. The third-order valence-electron chi connectivity index (χ3n) is 3.73. The fraction of sp³-hybridized carbons (Fsp3) is 0.474. The van der Waals surface area contributed by atoms with Crippen LogP contribution in [0.15, 0.2) is 41.3 Å². The maximum absolute atomic E-state index is 13.0. The van der Waals surface area contributed by atoms with Gasteiger partial charge in [0.25, 0.3) is 0 Å². The molecule has 4 nitrogen and oxygen atoms in total. The summed E-state index contributed by atoms with van der Waals surface area (Å²) in [5.74, 6) is 0.665. The van der Waals surface area contributed by atoms with Crippen molar-refractivity contribution in [1.29, 1.82) is 0 Å². The van der Waals surface area contributed by atoms with Gasteiger partial charge in [0, 0.05) is 16.3 Å². The summed E-state index contributed by atoms with van der Waals surface area (Å²) in [6.07, 6.45) is 0.729. The molecule has 0 aliphatic carbocycles. The standard InChI is InChI=1S/C19H27NO3S/c1-18(2,3)13-19(4,5)20-24(21,22)17-12-8-9-14-15(17)10-7-11-16(14)23-6/h7-12,20H,13H2,1-6H3. The summed E-state index contributed by atoms with van der Waals surface area (Å²) in [5, 5.41) is 1.45. The zero-order valence-electron chi connectivity index (χ0n) is 15.3. The molecule has 1 N–H and O–H groups in total. The second-order valence-corrected chi connectivity index (χ2v) is 9.69. The molecular weight excluding hydrogens is 322 g/mol. The minimum absolute atomic E-state index is 0.0218. The molecule has 2 aromatic carbocycles. The van der Waals surface area contributed by atoms with Crippen molar-refractivity contribution < 1.29 is 13.2 Å². The molecule has 0 saturated carbocycles. The number of fused-ring (bicyclic) bond motifs is 1. The van der Waals surface area contributed by atoms with Gasteiger partial charge in [-0.15, -0.1) is 0 Å². The van der Waals surface area contributed by atoms with Gasteiger partial charge in [0.2, 0.25) is 10.0 Å². The minimum Gasteiger partial charge on any atom is -0.496 e. The number of nitrogens with one attached hydrogen (secondary N) is 1. The van der Waals surface area contributed by atoms with E-state index in [0.29, 0.717) is 11.1 Å². The highest BCUT2D eigenvalue weighted by Gasteiger charge is 2.31. The molecular formula is C19H27NO3S. The lowest BCUT2D eigenvalue weighted by atomic mass is 9.82. The van der Waals surface area contributed by atoms with Crippen molar-refractivity contribution in [3.05, 3.63) is 36.4 Å². The lowest BCUT2D eigenvalue weighted by Crippen LogP contribution is -2.45. The number of sulfonamides is 1. The predicted molar refractivity (Wildman–Crippen MR) is 99.0 cm³/mol. The van der Waals surface area contributed by atoms with Crippen LogP contribution in [-0.4, -0.2) is 21.1 Å². The average Bonchev–Trinajstić information content (AvgIpc) is 2.41. The number of benzene rings is 2. The molecule has 0 atom stereocenters. The Bertz CT molecular complexity index is 833. The quantitative estimate of drug-likeness (QED) is 0.873. The Labute approximate surface area is 145 Å². The summed E-state index contributed by atoms with van der Waals surface area (Å²) >= 11 is 0. The van der Waals surface area contributed by atoms with Gasteiger partial charge in [0.1, 0.15) is 5.75 Å². The van der Waals surface area contributed by atoms with Gasteiger partial charge in [-0.3, -0.25) is 0 Å². The molecule has 0 heterocycles. The van der Waals surface area contributed by atoms with Crippen LogP contribution in [-0.2, 0) is 10.0 Å². The first-order valence-electron chi connectivity index (χ1n) is 8.05. The maximum Gasteiger partial charge on any atom is 0.241 e. The van der Waals surface area contributed by atoms with E-state index in [1.165, 1.54) is 0 Å². The topological polar surface area (TPSA) is 55.4 Å². The summed E-state index contributed by atoms with van der Waals surface area (Å²) < 4.78 is 34.2. The van der Waals surface area contributed by atoms with Crippen molar-refractivity contribution in [3.63, 3.8) is 0 Å². The Morgan fingerprint density at radius 2 is 1.54 bits per heavy atom. The van der Waals surface area contributed by atoms with Gasteiger partial charge in [-0.1, -0.05) is 45.0 Å². The second kappa shape index (κ2) is 6.37. The van der Waals surface area contributed by atoms with Gasteiger partial charge >= 0.3 is 0 Å². The number of rotatable bonds is 5. The Balaban J connectivity index is 2.49. The van der Waals surface area contributed by atoms with E-state index in [4.69, 9.17) is 4.74 Å². The zero-order chi connectivity index (χ0) is 18.2. The van der Waals surface area contributed by atoms with Crippen molar-refractivity contribution in [3.8, 4) is 5.75 Å². The molecule has 0 bridgehead atoms. The second-order valence-electron chi connectivity index (χ2n) is 8.04. The van der Waals surface area contributed by atoms with Crippen LogP contribution >= 0.6 is 0 Å². The highest BCUT2D eigenvalue weighted by Crippen LogP contribution is 2.32. The third kappa shape index (κ3) is 4.28.